The molecule has 1 saturated heterocycles. The van der Waals surface area contributed by atoms with Crippen LogP contribution in [0.4, 0.5) is 0 Å². The molecular formula is C15H24N2O2. The van der Waals surface area contributed by atoms with Crippen LogP contribution < -0.4 is 5.32 Å². The van der Waals surface area contributed by atoms with Crippen molar-refractivity contribution in [2.45, 2.75) is 69.9 Å². The summed E-state index contributed by atoms with van der Waals surface area (Å²) < 4.78 is 0. The van der Waals surface area contributed by atoms with Gasteiger partial charge in [-0.05, 0) is 38.5 Å². The molecule has 19 heavy (non-hydrogen) atoms. The van der Waals surface area contributed by atoms with Gasteiger partial charge in [-0.1, -0.05) is 25.7 Å². The van der Waals surface area contributed by atoms with Gasteiger partial charge < -0.3 is 10.2 Å². The molecule has 2 saturated carbocycles. The van der Waals surface area contributed by atoms with Crippen molar-refractivity contribution in [3.8, 4) is 0 Å². The Kier molecular flexibility index (Phi) is 3.27. The van der Waals surface area contributed by atoms with Crippen molar-refractivity contribution in [1.29, 1.82) is 0 Å². The molecule has 3 aliphatic rings. The van der Waals surface area contributed by atoms with Crippen LogP contribution in [0.3, 0.4) is 0 Å². The van der Waals surface area contributed by atoms with Crippen LogP contribution in [0.25, 0.3) is 0 Å². The van der Waals surface area contributed by atoms with Crippen molar-refractivity contribution in [2.24, 2.45) is 5.92 Å². The number of rotatable bonds is 4. The fourth-order valence-electron chi connectivity index (χ4n) is 3.56. The Bertz CT molecular complexity index is 384. The first kappa shape index (κ1) is 12.9. The van der Waals surface area contributed by atoms with Crippen molar-refractivity contribution >= 4 is 11.8 Å². The molecule has 3 fully saturated rings. The van der Waals surface area contributed by atoms with E-state index in [9.17, 15) is 9.59 Å². The molecule has 0 aromatic rings. The first-order chi connectivity index (χ1) is 9.12. The van der Waals surface area contributed by atoms with E-state index < -0.39 is 5.54 Å². The minimum Gasteiger partial charge on any atom is -0.340 e. The lowest BCUT2D eigenvalue weighted by Gasteiger charge is -2.43. The first-order valence-electron chi connectivity index (χ1n) is 7.75. The summed E-state index contributed by atoms with van der Waals surface area (Å²) in [6.45, 7) is 2.61. The molecule has 1 atom stereocenters. The maximum absolute atomic E-state index is 12.7. The van der Waals surface area contributed by atoms with Gasteiger partial charge in [0.25, 0.3) is 0 Å². The monoisotopic (exact) mass is 264 g/mol. The number of carbonyl (C=O) groups excluding carboxylic acids is 2. The topological polar surface area (TPSA) is 49.4 Å². The Morgan fingerprint density at radius 2 is 1.95 bits per heavy atom. The lowest BCUT2D eigenvalue weighted by Crippen LogP contribution is -2.68. The summed E-state index contributed by atoms with van der Waals surface area (Å²) in [6.07, 6.45) is 8.72. The lowest BCUT2D eigenvalue weighted by molar-refractivity contribution is -0.154. The molecular weight excluding hydrogens is 240 g/mol. The molecule has 1 N–H and O–H groups in total. The van der Waals surface area contributed by atoms with Gasteiger partial charge in [0.15, 0.2) is 0 Å². The van der Waals surface area contributed by atoms with Crippen LogP contribution in [0.2, 0.25) is 0 Å². The second-order valence-corrected chi connectivity index (χ2v) is 6.54. The summed E-state index contributed by atoms with van der Waals surface area (Å²) in [4.78, 5) is 26.7. The van der Waals surface area contributed by atoms with Gasteiger partial charge in [-0.25, -0.2) is 0 Å². The Morgan fingerprint density at radius 3 is 2.58 bits per heavy atom. The van der Waals surface area contributed by atoms with Crippen LogP contribution >= 0.6 is 0 Å². The van der Waals surface area contributed by atoms with Gasteiger partial charge >= 0.3 is 0 Å². The van der Waals surface area contributed by atoms with E-state index in [0.717, 1.165) is 44.6 Å². The van der Waals surface area contributed by atoms with E-state index in [-0.39, 0.29) is 17.9 Å². The Balaban J connectivity index is 1.67. The third-order valence-corrected chi connectivity index (χ3v) is 5.05. The Labute approximate surface area is 114 Å². The normalized spacial score (nSPS) is 29.9. The molecule has 2 aliphatic carbocycles. The fourth-order valence-corrected chi connectivity index (χ4v) is 3.56. The van der Waals surface area contributed by atoms with Gasteiger partial charge in [-0.15, -0.1) is 0 Å². The van der Waals surface area contributed by atoms with E-state index in [1.807, 2.05) is 11.8 Å². The van der Waals surface area contributed by atoms with Crippen molar-refractivity contribution in [2.75, 3.05) is 6.54 Å². The SMILES string of the molecule is CC1C(=O)NC2(CCCC2)C(=O)N1CCCC1CC1. The molecule has 1 spiro atoms. The fraction of sp³-hybridized carbons (Fsp3) is 0.867. The van der Waals surface area contributed by atoms with Crippen LogP contribution in [0.15, 0.2) is 0 Å². The Hall–Kier alpha value is -1.06. The zero-order chi connectivity index (χ0) is 13.5. The second-order valence-electron chi connectivity index (χ2n) is 6.54. The van der Waals surface area contributed by atoms with Gasteiger partial charge in [0.2, 0.25) is 11.8 Å². The Morgan fingerprint density at radius 1 is 1.26 bits per heavy atom. The third kappa shape index (κ3) is 2.37. The minimum atomic E-state index is -0.552. The lowest BCUT2D eigenvalue weighted by atomic mass is 9.91. The van der Waals surface area contributed by atoms with Crippen LogP contribution in [-0.4, -0.2) is 34.8 Å². The van der Waals surface area contributed by atoms with Crippen molar-refractivity contribution in [1.82, 2.24) is 10.2 Å². The zero-order valence-electron chi connectivity index (χ0n) is 11.8. The summed E-state index contributed by atoms with van der Waals surface area (Å²) in [5.41, 5.74) is -0.552. The van der Waals surface area contributed by atoms with E-state index in [4.69, 9.17) is 0 Å². The van der Waals surface area contributed by atoms with E-state index >= 15 is 0 Å². The quantitative estimate of drug-likeness (QED) is 0.842. The number of nitrogens with zero attached hydrogens (tertiary/aromatic N) is 1. The van der Waals surface area contributed by atoms with Gasteiger partial charge in [-0.2, -0.15) is 0 Å². The van der Waals surface area contributed by atoms with Gasteiger partial charge in [-0.3, -0.25) is 9.59 Å². The highest BCUT2D eigenvalue weighted by molar-refractivity contribution is 5.99. The van der Waals surface area contributed by atoms with Crippen LogP contribution in [0.1, 0.15) is 58.3 Å². The second kappa shape index (κ2) is 4.80. The smallest absolute Gasteiger partial charge is 0.248 e. The van der Waals surface area contributed by atoms with Crippen LogP contribution in [-0.2, 0) is 9.59 Å². The molecule has 1 aliphatic heterocycles. The molecule has 3 rings (SSSR count). The van der Waals surface area contributed by atoms with Crippen LogP contribution in [0.5, 0.6) is 0 Å². The molecule has 1 unspecified atom stereocenters. The van der Waals surface area contributed by atoms with Crippen molar-refractivity contribution < 1.29 is 9.59 Å². The first-order valence-corrected chi connectivity index (χ1v) is 7.75. The largest absolute Gasteiger partial charge is 0.340 e. The highest BCUT2D eigenvalue weighted by Crippen LogP contribution is 2.36. The molecule has 0 radical (unpaired) electrons. The number of carbonyl (C=O) groups is 2. The summed E-state index contributed by atoms with van der Waals surface area (Å²) in [5.74, 6) is 1.10. The van der Waals surface area contributed by atoms with Crippen molar-refractivity contribution in [3.05, 3.63) is 0 Å². The van der Waals surface area contributed by atoms with E-state index in [1.165, 1.54) is 19.3 Å². The van der Waals surface area contributed by atoms with E-state index in [1.54, 1.807) is 0 Å². The van der Waals surface area contributed by atoms with Crippen LogP contribution in [0, 0.1) is 5.92 Å². The van der Waals surface area contributed by atoms with E-state index in [2.05, 4.69) is 5.32 Å². The average Bonchev–Trinajstić information content (AvgIpc) is 3.10. The standard InChI is InChI=1S/C15H24N2O2/c1-11-13(18)16-15(8-2-3-9-15)14(19)17(11)10-4-5-12-6-7-12/h11-12H,2-10H2,1H3,(H,16,18). The summed E-state index contributed by atoms with van der Waals surface area (Å²) in [7, 11) is 0. The van der Waals surface area contributed by atoms with Gasteiger partial charge in [0, 0.05) is 6.54 Å². The zero-order valence-corrected chi connectivity index (χ0v) is 11.8. The molecule has 4 nitrogen and oxygen atoms in total. The minimum absolute atomic E-state index is 0.0351. The highest BCUT2D eigenvalue weighted by Gasteiger charge is 2.50. The number of amides is 2. The average molecular weight is 264 g/mol. The van der Waals surface area contributed by atoms with Crippen molar-refractivity contribution in [3.63, 3.8) is 0 Å². The number of hydrogen-bond donors (Lipinski definition) is 1. The van der Waals surface area contributed by atoms with E-state index in [0.29, 0.717) is 0 Å². The molecule has 0 aromatic carbocycles. The summed E-state index contributed by atoms with van der Waals surface area (Å²) in [5, 5.41) is 3.00. The predicted molar refractivity (Wildman–Crippen MR) is 72.5 cm³/mol. The number of nitrogens with one attached hydrogen (secondary N) is 1. The summed E-state index contributed by atoms with van der Waals surface area (Å²) in [6, 6.07) is -0.294. The number of hydrogen-bond acceptors (Lipinski definition) is 2. The molecule has 0 aromatic heterocycles. The van der Waals surface area contributed by atoms with Gasteiger partial charge in [0.1, 0.15) is 11.6 Å². The maximum Gasteiger partial charge on any atom is 0.248 e. The highest BCUT2D eigenvalue weighted by atomic mass is 16.2. The summed E-state index contributed by atoms with van der Waals surface area (Å²) >= 11 is 0. The molecule has 2 amide bonds. The predicted octanol–water partition coefficient (Wildman–Crippen LogP) is 1.84. The third-order valence-electron chi connectivity index (χ3n) is 5.05. The molecule has 4 heteroatoms. The molecule has 0 bridgehead atoms. The molecule has 106 valence electrons. The molecule has 1 heterocycles. The maximum atomic E-state index is 12.7. The van der Waals surface area contributed by atoms with Gasteiger partial charge in [0.05, 0.1) is 0 Å². The number of piperazine rings is 1.